The molecule has 0 spiro atoms. The van der Waals surface area contributed by atoms with Gasteiger partial charge in [-0.15, -0.1) is 0 Å². The Hall–Kier alpha value is -1.00. The van der Waals surface area contributed by atoms with E-state index in [1.807, 2.05) is 0 Å². The van der Waals surface area contributed by atoms with Crippen LogP contribution in [-0.2, 0) is 0 Å². The third-order valence-electron chi connectivity index (χ3n) is 2.48. The highest BCUT2D eigenvalue weighted by Gasteiger charge is 2.28. The smallest absolute Gasteiger partial charge is 0.270 e. The van der Waals surface area contributed by atoms with Crippen LogP contribution in [0.5, 0.6) is 0 Å². The minimum atomic E-state index is -0.589. The van der Waals surface area contributed by atoms with Crippen molar-refractivity contribution in [2.24, 2.45) is 0 Å². The number of amides is 1. The molecule has 0 atom stereocenters. The number of likely N-dealkylation sites (N-methyl/N-ethyl adjacent to an activating group) is 1. The number of carbonyl (C=O) groups excluding carboxylic acids is 1. The number of rotatable bonds is 3. The summed E-state index contributed by atoms with van der Waals surface area (Å²) < 4.78 is 0. The lowest BCUT2D eigenvalue weighted by Gasteiger charge is -2.33. The lowest BCUT2D eigenvalue weighted by molar-refractivity contribution is 0.0468. The second kappa shape index (κ2) is 4.24. The third kappa shape index (κ3) is 2.52. The highest BCUT2D eigenvalue weighted by molar-refractivity contribution is 6.30. The maximum absolute atomic E-state index is 11.9. The Morgan fingerprint density at radius 1 is 1.67 bits per heavy atom. The van der Waals surface area contributed by atoms with Gasteiger partial charge in [0.25, 0.3) is 5.91 Å². The van der Waals surface area contributed by atoms with Crippen molar-refractivity contribution in [2.75, 3.05) is 13.7 Å². The Kier molecular flexibility index (Phi) is 3.42. The second-order valence-electron chi connectivity index (χ2n) is 4.07. The second-order valence-corrected chi connectivity index (χ2v) is 4.50. The Labute approximate surface area is 93.8 Å². The molecule has 0 bridgehead atoms. The molecule has 4 nitrogen and oxygen atoms in total. The topological polar surface area (TPSA) is 56.3 Å². The van der Waals surface area contributed by atoms with E-state index >= 15 is 0 Å². The van der Waals surface area contributed by atoms with Crippen LogP contribution in [0.15, 0.2) is 12.3 Å². The van der Waals surface area contributed by atoms with Crippen molar-refractivity contribution in [3.05, 3.63) is 23.0 Å². The molecular weight excluding hydrogens is 216 g/mol. The minimum Gasteiger partial charge on any atom is -0.394 e. The van der Waals surface area contributed by atoms with Gasteiger partial charge in [-0.3, -0.25) is 4.79 Å². The quantitative estimate of drug-likeness (QED) is 0.827. The van der Waals surface area contributed by atoms with Gasteiger partial charge < -0.3 is 15.0 Å². The number of hydrogen-bond donors (Lipinski definition) is 2. The van der Waals surface area contributed by atoms with Gasteiger partial charge in [-0.25, -0.2) is 0 Å². The highest BCUT2D eigenvalue weighted by atomic mass is 35.5. The van der Waals surface area contributed by atoms with Crippen molar-refractivity contribution >= 4 is 17.5 Å². The maximum Gasteiger partial charge on any atom is 0.270 e. The van der Waals surface area contributed by atoms with Crippen LogP contribution in [0, 0.1) is 0 Å². The standard InChI is InChI=1S/C10H15ClN2O2/c1-10(2,6-14)13(3)9(15)8-4-7(11)5-12-8/h4-5,12,14H,6H2,1-3H3. The van der Waals surface area contributed by atoms with Gasteiger partial charge in [-0.05, 0) is 19.9 Å². The molecule has 0 unspecified atom stereocenters. The van der Waals surface area contributed by atoms with Crippen LogP contribution in [0.4, 0.5) is 0 Å². The van der Waals surface area contributed by atoms with E-state index in [0.29, 0.717) is 10.7 Å². The van der Waals surface area contributed by atoms with E-state index in [0.717, 1.165) is 0 Å². The summed E-state index contributed by atoms with van der Waals surface area (Å²) in [6.45, 7) is 3.48. The normalized spacial score (nSPS) is 11.5. The molecule has 0 radical (unpaired) electrons. The van der Waals surface area contributed by atoms with Gasteiger partial charge in [0, 0.05) is 13.2 Å². The predicted octanol–water partition coefficient (Wildman–Crippen LogP) is 1.51. The summed E-state index contributed by atoms with van der Waals surface area (Å²) in [5.74, 6) is -0.194. The summed E-state index contributed by atoms with van der Waals surface area (Å²) in [6, 6.07) is 1.56. The molecule has 0 aliphatic rings. The summed E-state index contributed by atoms with van der Waals surface area (Å²) in [5.41, 5.74) is -0.168. The molecular formula is C10H15ClN2O2. The molecule has 1 rings (SSSR count). The first-order valence-electron chi connectivity index (χ1n) is 4.61. The average molecular weight is 231 g/mol. The third-order valence-corrected chi connectivity index (χ3v) is 2.70. The summed E-state index contributed by atoms with van der Waals surface area (Å²) in [5, 5.41) is 9.63. The molecule has 2 N–H and O–H groups in total. The van der Waals surface area contributed by atoms with Crippen LogP contribution in [-0.4, -0.2) is 40.1 Å². The van der Waals surface area contributed by atoms with E-state index < -0.39 is 5.54 Å². The van der Waals surface area contributed by atoms with Gasteiger partial charge >= 0.3 is 0 Å². The monoisotopic (exact) mass is 230 g/mol. The Bertz CT molecular complexity index is 360. The number of nitrogens with one attached hydrogen (secondary N) is 1. The SMILES string of the molecule is CN(C(=O)c1cc(Cl)c[nH]1)C(C)(C)CO. The van der Waals surface area contributed by atoms with E-state index in [4.69, 9.17) is 16.7 Å². The number of carbonyl (C=O) groups is 1. The summed E-state index contributed by atoms with van der Waals surface area (Å²) in [6.07, 6.45) is 1.55. The van der Waals surface area contributed by atoms with Crippen LogP contribution in [0.1, 0.15) is 24.3 Å². The fraction of sp³-hybridized carbons (Fsp3) is 0.500. The summed E-state index contributed by atoms with van der Waals surface area (Å²) in [4.78, 5) is 16.1. The lowest BCUT2D eigenvalue weighted by atomic mass is 10.0. The number of H-pyrrole nitrogens is 1. The number of hydrogen-bond acceptors (Lipinski definition) is 2. The van der Waals surface area contributed by atoms with E-state index in [2.05, 4.69) is 4.98 Å². The van der Waals surface area contributed by atoms with Gasteiger partial charge in [-0.1, -0.05) is 11.6 Å². The molecule has 0 fully saturated rings. The van der Waals surface area contributed by atoms with Gasteiger partial charge in [0.05, 0.1) is 17.2 Å². The molecule has 0 saturated carbocycles. The number of aromatic nitrogens is 1. The first kappa shape index (κ1) is 12.1. The molecule has 5 heteroatoms. The van der Waals surface area contributed by atoms with Crippen molar-refractivity contribution in [1.29, 1.82) is 0 Å². The number of aliphatic hydroxyl groups excluding tert-OH is 1. The zero-order valence-corrected chi connectivity index (χ0v) is 9.80. The Morgan fingerprint density at radius 3 is 2.67 bits per heavy atom. The van der Waals surface area contributed by atoms with Crippen molar-refractivity contribution in [2.45, 2.75) is 19.4 Å². The first-order chi connectivity index (χ1) is 6.88. The molecule has 1 aromatic rings. The summed E-state index contributed by atoms with van der Waals surface area (Å²) in [7, 11) is 1.65. The van der Waals surface area contributed by atoms with Crippen LogP contribution in [0.3, 0.4) is 0 Å². The molecule has 1 aromatic heterocycles. The predicted molar refractivity (Wildman–Crippen MR) is 59.1 cm³/mol. The highest BCUT2D eigenvalue weighted by Crippen LogP contribution is 2.16. The molecule has 0 saturated heterocycles. The maximum atomic E-state index is 11.9. The van der Waals surface area contributed by atoms with Crippen LogP contribution < -0.4 is 0 Å². The van der Waals surface area contributed by atoms with Crippen LogP contribution in [0.25, 0.3) is 0 Å². The van der Waals surface area contributed by atoms with Crippen molar-refractivity contribution < 1.29 is 9.90 Å². The fourth-order valence-corrected chi connectivity index (χ4v) is 1.22. The minimum absolute atomic E-state index is 0.0936. The number of nitrogens with zero attached hydrogens (tertiary/aromatic N) is 1. The zero-order valence-electron chi connectivity index (χ0n) is 9.04. The van der Waals surface area contributed by atoms with E-state index in [1.165, 1.54) is 4.90 Å². The molecule has 15 heavy (non-hydrogen) atoms. The van der Waals surface area contributed by atoms with Crippen LogP contribution in [0.2, 0.25) is 5.02 Å². The lowest BCUT2D eigenvalue weighted by Crippen LogP contribution is -2.47. The van der Waals surface area contributed by atoms with E-state index in [1.54, 1.807) is 33.2 Å². The van der Waals surface area contributed by atoms with Crippen LogP contribution >= 0.6 is 11.6 Å². The number of halogens is 1. The molecule has 0 aliphatic heterocycles. The van der Waals surface area contributed by atoms with Crippen molar-refractivity contribution in [3.8, 4) is 0 Å². The molecule has 0 aliphatic carbocycles. The molecule has 1 amide bonds. The molecule has 1 heterocycles. The first-order valence-corrected chi connectivity index (χ1v) is 4.99. The Morgan fingerprint density at radius 2 is 2.27 bits per heavy atom. The number of aromatic amines is 1. The largest absolute Gasteiger partial charge is 0.394 e. The Balaban J connectivity index is 2.86. The van der Waals surface area contributed by atoms with Crippen molar-refractivity contribution in [1.82, 2.24) is 9.88 Å². The number of aliphatic hydroxyl groups is 1. The van der Waals surface area contributed by atoms with E-state index in [9.17, 15) is 4.79 Å². The van der Waals surface area contributed by atoms with E-state index in [-0.39, 0.29) is 12.5 Å². The molecule has 0 aromatic carbocycles. The van der Waals surface area contributed by atoms with Gasteiger partial charge in [0.2, 0.25) is 0 Å². The van der Waals surface area contributed by atoms with Crippen molar-refractivity contribution in [3.63, 3.8) is 0 Å². The fourth-order valence-electron chi connectivity index (χ4n) is 1.05. The average Bonchev–Trinajstić information content (AvgIpc) is 2.62. The van der Waals surface area contributed by atoms with Gasteiger partial charge in [-0.2, -0.15) is 0 Å². The zero-order chi connectivity index (χ0) is 11.6. The molecule has 84 valence electrons. The van der Waals surface area contributed by atoms with Gasteiger partial charge in [0.15, 0.2) is 0 Å². The van der Waals surface area contributed by atoms with Gasteiger partial charge in [0.1, 0.15) is 5.69 Å². The summed E-state index contributed by atoms with van der Waals surface area (Å²) >= 11 is 5.71.